The molecule has 2 aromatic rings. The predicted molar refractivity (Wildman–Crippen MR) is 62.6 cm³/mol. The van der Waals surface area contributed by atoms with E-state index in [1.54, 1.807) is 0 Å². The molecule has 0 fully saturated rings. The number of aromatic nitrogens is 1. The van der Waals surface area contributed by atoms with Crippen LogP contribution in [-0.4, -0.2) is 10.8 Å². The van der Waals surface area contributed by atoms with Gasteiger partial charge in [-0.3, -0.25) is 4.79 Å². The molecular weight excluding hydrogens is 202 g/mol. The Morgan fingerprint density at radius 1 is 1.38 bits per heavy atom. The number of aryl methyl sites for hydroxylation is 1. The van der Waals surface area contributed by atoms with Gasteiger partial charge in [0.2, 0.25) is 0 Å². The third-order valence-electron chi connectivity index (χ3n) is 2.53. The third-order valence-corrected chi connectivity index (χ3v) is 2.53. The van der Waals surface area contributed by atoms with Crippen LogP contribution in [0, 0.1) is 0 Å². The van der Waals surface area contributed by atoms with E-state index in [9.17, 15) is 4.79 Å². The minimum absolute atomic E-state index is 0.172. The van der Waals surface area contributed by atoms with E-state index in [1.807, 2.05) is 32.0 Å². The van der Waals surface area contributed by atoms with Crippen LogP contribution in [0.25, 0.3) is 11.1 Å². The molecule has 3 nitrogen and oxygen atoms in total. The number of oxazole rings is 1. The number of carbonyl (C=O) groups excluding carboxylic acids is 1. The summed E-state index contributed by atoms with van der Waals surface area (Å²) in [5.74, 6) is 0.889. The molecule has 1 heterocycles. The molecule has 0 atom stereocenters. The van der Waals surface area contributed by atoms with E-state index in [0.717, 1.165) is 35.4 Å². The van der Waals surface area contributed by atoms with E-state index in [-0.39, 0.29) is 5.78 Å². The summed E-state index contributed by atoms with van der Waals surface area (Å²) in [4.78, 5) is 16.0. The lowest BCUT2D eigenvalue weighted by Gasteiger charge is -1.97. The Morgan fingerprint density at radius 2 is 2.19 bits per heavy atom. The smallest absolute Gasteiger partial charge is 0.195 e. The minimum atomic E-state index is 0.172. The van der Waals surface area contributed by atoms with E-state index >= 15 is 0 Å². The highest BCUT2D eigenvalue weighted by Gasteiger charge is 2.09. The zero-order valence-corrected chi connectivity index (χ0v) is 9.62. The van der Waals surface area contributed by atoms with Crippen molar-refractivity contribution in [3.8, 4) is 0 Å². The lowest BCUT2D eigenvalue weighted by molar-refractivity contribution is 0.0982. The van der Waals surface area contributed by atoms with Gasteiger partial charge in [0.05, 0.1) is 0 Å². The van der Waals surface area contributed by atoms with Gasteiger partial charge >= 0.3 is 0 Å². The fourth-order valence-corrected chi connectivity index (χ4v) is 1.67. The molecular formula is C13H15NO2. The van der Waals surface area contributed by atoms with Crippen LogP contribution in [0.15, 0.2) is 22.6 Å². The van der Waals surface area contributed by atoms with Gasteiger partial charge in [0.1, 0.15) is 5.52 Å². The molecule has 0 saturated carbocycles. The molecule has 0 saturated heterocycles. The molecule has 16 heavy (non-hydrogen) atoms. The second-order valence-corrected chi connectivity index (χ2v) is 3.82. The van der Waals surface area contributed by atoms with E-state index < -0.39 is 0 Å². The van der Waals surface area contributed by atoms with Crippen molar-refractivity contribution >= 4 is 16.9 Å². The standard InChI is InChI=1S/C13H15NO2/c1-3-5-11(15)9-6-7-12-10(8-9)14-13(4-2)16-12/h6-8H,3-5H2,1-2H3. The number of nitrogens with zero attached hydrogens (tertiary/aromatic N) is 1. The van der Waals surface area contributed by atoms with Crippen LogP contribution >= 0.6 is 0 Å². The quantitative estimate of drug-likeness (QED) is 0.737. The van der Waals surface area contributed by atoms with E-state index in [2.05, 4.69) is 4.98 Å². The van der Waals surface area contributed by atoms with Gasteiger partial charge in [-0.2, -0.15) is 0 Å². The van der Waals surface area contributed by atoms with Gasteiger partial charge in [-0.25, -0.2) is 4.98 Å². The van der Waals surface area contributed by atoms with Gasteiger partial charge in [-0.05, 0) is 24.6 Å². The first-order valence-electron chi connectivity index (χ1n) is 5.67. The van der Waals surface area contributed by atoms with Gasteiger partial charge in [-0.15, -0.1) is 0 Å². The fraction of sp³-hybridized carbons (Fsp3) is 0.385. The zero-order chi connectivity index (χ0) is 11.5. The van der Waals surface area contributed by atoms with Gasteiger partial charge in [0, 0.05) is 18.4 Å². The largest absolute Gasteiger partial charge is 0.441 e. The summed E-state index contributed by atoms with van der Waals surface area (Å²) in [5, 5.41) is 0. The molecule has 0 bridgehead atoms. The van der Waals surface area contributed by atoms with Crippen LogP contribution in [0.1, 0.15) is 42.9 Å². The Bertz CT molecular complexity index is 514. The predicted octanol–water partition coefficient (Wildman–Crippen LogP) is 3.37. The number of carbonyl (C=O) groups is 1. The Balaban J connectivity index is 2.39. The highest BCUT2D eigenvalue weighted by molar-refractivity contribution is 5.98. The summed E-state index contributed by atoms with van der Waals surface area (Å²) in [6, 6.07) is 5.45. The van der Waals surface area contributed by atoms with Gasteiger partial charge in [-0.1, -0.05) is 13.8 Å². The monoisotopic (exact) mass is 217 g/mol. The maximum atomic E-state index is 11.7. The summed E-state index contributed by atoms with van der Waals surface area (Å²) in [7, 11) is 0. The van der Waals surface area contributed by atoms with Crippen LogP contribution in [0.2, 0.25) is 0 Å². The fourth-order valence-electron chi connectivity index (χ4n) is 1.67. The molecule has 0 aliphatic rings. The van der Waals surface area contributed by atoms with Gasteiger partial charge in [0.25, 0.3) is 0 Å². The number of hydrogen-bond acceptors (Lipinski definition) is 3. The van der Waals surface area contributed by atoms with Crippen LogP contribution in [0.3, 0.4) is 0 Å². The minimum Gasteiger partial charge on any atom is -0.441 e. The second-order valence-electron chi connectivity index (χ2n) is 3.82. The molecule has 0 unspecified atom stereocenters. The van der Waals surface area contributed by atoms with Crippen LogP contribution in [-0.2, 0) is 6.42 Å². The topological polar surface area (TPSA) is 43.1 Å². The lowest BCUT2D eigenvalue weighted by atomic mass is 10.1. The summed E-state index contributed by atoms with van der Waals surface area (Å²) in [6.07, 6.45) is 2.23. The first kappa shape index (κ1) is 10.9. The Morgan fingerprint density at radius 3 is 2.88 bits per heavy atom. The Hall–Kier alpha value is -1.64. The molecule has 84 valence electrons. The van der Waals surface area contributed by atoms with Crippen molar-refractivity contribution in [3.63, 3.8) is 0 Å². The number of fused-ring (bicyclic) bond motifs is 1. The molecule has 3 heteroatoms. The molecule has 0 N–H and O–H groups in total. The van der Waals surface area contributed by atoms with Crippen molar-refractivity contribution in [1.82, 2.24) is 4.98 Å². The van der Waals surface area contributed by atoms with Crippen LogP contribution < -0.4 is 0 Å². The maximum absolute atomic E-state index is 11.7. The molecule has 1 aromatic heterocycles. The highest BCUT2D eigenvalue weighted by atomic mass is 16.3. The molecule has 0 amide bonds. The zero-order valence-electron chi connectivity index (χ0n) is 9.62. The average molecular weight is 217 g/mol. The normalized spacial score (nSPS) is 10.9. The second kappa shape index (κ2) is 4.47. The average Bonchev–Trinajstić information content (AvgIpc) is 2.70. The number of benzene rings is 1. The van der Waals surface area contributed by atoms with Crippen LogP contribution in [0.5, 0.6) is 0 Å². The molecule has 0 spiro atoms. The van der Waals surface area contributed by atoms with E-state index in [4.69, 9.17) is 4.42 Å². The number of hydrogen-bond donors (Lipinski definition) is 0. The van der Waals surface area contributed by atoms with Crippen LogP contribution in [0.4, 0.5) is 0 Å². The third kappa shape index (κ3) is 1.98. The van der Waals surface area contributed by atoms with Crippen molar-refractivity contribution < 1.29 is 9.21 Å². The molecule has 2 rings (SSSR count). The lowest BCUT2D eigenvalue weighted by Crippen LogP contribution is -1.97. The summed E-state index contributed by atoms with van der Waals surface area (Å²) in [6.45, 7) is 4.00. The molecule has 0 aliphatic carbocycles. The molecule has 0 radical (unpaired) electrons. The Labute approximate surface area is 94.5 Å². The number of Topliss-reactive ketones (excluding diaryl/α,β-unsaturated/α-hetero) is 1. The van der Waals surface area contributed by atoms with E-state index in [1.165, 1.54) is 0 Å². The Kier molecular flexibility index (Phi) is 3.04. The van der Waals surface area contributed by atoms with Crippen molar-refractivity contribution in [2.24, 2.45) is 0 Å². The number of rotatable bonds is 4. The molecule has 0 aliphatic heterocycles. The van der Waals surface area contributed by atoms with Crippen molar-refractivity contribution in [2.75, 3.05) is 0 Å². The number of ketones is 1. The SMILES string of the molecule is CCCC(=O)c1ccc2oc(CC)nc2c1. The van der Waals surface area contributed by atoms with Crippen molar-refractivity contribution in [3.05, 3.63) is 29.7 Å². The van der Waals surface area contributed by atoms with Gasteiger partial charge in [0.15, 0.2) is 17.3 Å². The van der Waals surface area contributed by atoms with E-state index in [0.29, 0.717) is 6.42 Å². The molecule has 1 aromatic carbocycles. The van der Waals surface area contributed by atoms with Gasteiger partial charge < -0.3 is 4.42 Å². The first-order valence-corrected chi connectivity index (χ1v) is 5.67. The summed E-state index contributed by atoms with van der Waals surface area (Å²) in [5.41, 5.74) is 2.26. The summed E-state index contributed by atoms with van der Waals surface area (Å²) >= 11 is 0. The van der Waals surface area contributed by atoms with Crippen molar-refractivity contribution in [1.29, 1.82) is 0 Å². The summed E-state index contributed by atoms with van der Waals surface area (Å²) < 4.78 is 5.49. The maximum Gasteiger partial charge on any atom is 0.195 e. The van der Waals surface area contributed by atoms with Crippen molar-refractivity contribution in [2.45, 2.75) is 33.1 Å². The first-order chi connectivity index (χ1) is 7.74. The highest BCUT2D eigenvalue weighted by Crippen LogP contribution is 2.18.